The highest BCUT2D eigenvalue weighted by Gasteiger charge is 2.22. The molecule has 1 saturated heterocycles. The van der Waals surface area contributed by atoms with Gasteiger partial charge in [-0.1, -0.05) is 18.2 Å². The van der Waals surface area contributed by atoms with Crippen molar-refractivity contribution in [3.05, 3.63) is 60.3 Å². The number of hydrogen-bond donors (Lipinski definition) is 2. The molecule has 2 N–H and O–H groups in total. The number of aryl methyl sites for hydroxylation is 1. The molecule has 0 amide bonds. The van der Waals surface area contributed by atoms with Crippen molar-refractivity contribution in [2.24, 2.45) is 5.92 Å². The van der Waals surface area contributed by atoms with Gasteiger partial charge in [0.2, 0.25) is 0 Å². The second-order valence-corrected chi connectivity index (χ2v) is 8.03. The Bertz CT molecular complexity index is 915. The van der Waals surface area contributed by atoms with Gasteiger partial charge in [-0.3, -0.25) is 0 Å². The van der Waals surface area contributed by atoms with E-state index >= 15 is 0 Å². The average molecular weight is 395 g/mol. The SMILES string of the molecule is Cc1cccc(OCC2CCN(CC(O)COc3cccc4[nH]ccc34)CC2)c1. The van der Waals surface area contributed by atoms with Gasteiger partial charge in [-0.25, -0.2) is 0 Å². The van der Waals surface area contributed by atoms with Crippen LogP contribution in [0.3, 0.4) is 0 Å². The Hall–Kier alpha value is -2.50. The molecule has 1 aliphatic heterocycles. The van der Waals surface area contributed by atoms with Crippen LogP contribution < -0.4 is 9.47 Å². The zero-order chi connectivity index (χ0) is 20.1. The van der Waals surface area contributed by atoms with Crippen molar-refractivity contribution in [2.75, 3.05) is 32.8 Å². The Kier molecular flexibility index (Phi) is 6.37. The molecule has 1 fully saturated rings. The van der Waals surface area contributed by atoms with Crippen LogP contribution in [0.2, 0.25) is 0 Å². The maximum Gasteiger partial charge on any atom is 0.128 e. The van der Waals surface area contributed by atoms with Crippen LogP contribution in [-0.2, 0) is 0 Å². The first kappa shape index (κ1) is 19.8. The van der Waals surface area contributed by atoms with E-state index < -0.39 is 6.10 Å². The van der Waals surface area contributed by atoms with E-state index in [2.05, 4.69) is 28.9 Å². The quantitative estimate of drug-likeness (QED) is 0.606. The first-order chi connectivity index (χ1) is 14.2. The number of nitrogens with one attached hydrogen (secondary N) is 1. The summed E-state index contributed by atoms with van der Waals surface area (Å²) in [5, 5.41) is 11.5. The maximum absolute atomic E-state index is 10.4. The van der Waals surface area contributed by atoms with Crippen LogP contribution in [0.4, 0.5) is 0 Å². The van der Waals surface area contributed by atoms with E-state index in [0.717, 1.165) is 54.9 Å². The van der Waals surface area contributed by atoms with E-state index in [1.807, 2.05) is 42.6 Å². The number of likely N-dealkylation sites (tertiary alicyclic amines) is 1. The number of aromatic amines is 1. The van der Waals surface area contributed by atoms with Gasteiger partial charge in [-0.15, -0.1) is 0 Å². The largest absolute Gasteiger partial charge is 0.493 e. The Balaban J connectivity index is 1.18. The van der Waals surface area contributed by atoms with E-state index in [0.29, 0.717) is 19.1 Å². The van der Waals surface area contributed by atoms with Crippen LogP contribution in [0.5, 0.6) is 11.5 Å². The third-order valence-electron chi connectivity index (χ3n) is 5.64. The zero-order valence-electron chi connectivity index (χ0n) is 17.0. The van der Waals surface area contributed by atoms with Crippen molar-refractivity contribution in [2.45, 2.75) is 25.9 Å². The molecule has 1 aliphatic rings. The highest BCUT2D eigenvalue weighted by atomic mass is 16.5. The van der Waals surface area contributed by atoms with E-state index in [4.69, 9.17) is 9.47 Å². The summed E-state index contributed by atoms with van der Waals surface area (Å²) >= 11 is 0. The summed E-state index contributed by atoms with van der Waals surface area (Å²) < 4.78 is 11.9. The lowest BCUT2D eigenvalue weighted by Crippen LogP contribution is -2.41. The normalized spacial score (nSPS) is 16.8. The Morgan fingerprint density at radius 2 is 1.93 bits per heavy atom. The first-order valence-electron chi connectivity index (χ1n) is 10.5. The van der Waals surface area contributed by atoms with Gasteiger partial charge >= 0.3 is 0 Å². The van der Waals surface area contributed by atoms with Crippen LogP contribution in [0.15, 0.2) is 54.7 Å². The third kappa shape index (κ3) is 5.31. The topological polar surface area (TPSA) is 57.7 Å². The lowest BCUT2D eigenvalue weighted by Gasteiger charge is -2.33. The molecule has 0 saturated carbocycles. The van der Waals surface area contributed by atoms with Crippen molar-refractivity contribution in [3.8, 4) is 11.5 Å². The summed E-state index contributed by atoms with van der Waals surface area (Å²) in [6.45, 7) is 5.79. The second-order valence-electron chi connectivity index (χ2n) is 8.03. The average Bonchev–Trinajstić information content (AvgIpc) is 3.21. The molecule has 2 heterocycles. The fraction of sp³-hybridized carbons (Fsp3) is 0.417. The molecule has 3 aromatic rings. The molecule has 0 aliphatic carbocycles. The minimum absolute atomic E-state index is 0.306. The molecule has 2 aromatic carbocycles. The van der Waals surface area contributed by atoms with Gasteiger partial charge in [-0.2, -0.15) is 0 Å². The maximum atomic E-state index is 10.4. The summed E-state index contributed by atoms with van der Waals surface area (Å²) in [5.41, 5.74) is 2.27. The summed E-state index contributed by atoms with van der Waals surface area (Å²) in [6.07, 6.45) is 3.61. The van der Waals surface area contributed by atoms with Gasteiger partial charge in [-0.05, 0) is 74.7 Å². The lowest BCUT2D eigenvalue weighted by molar-refractivity contribution is 0.0507. The number of aliphatic hydroxyl groups is 1. The fourth-order valence-corrected chi connectivity index (χ4v) is 3.97. The van der Waals surface area contributed by atoms with Crippen LogP contribution in [0, 0.1) is 12.8 Å². The van der Waals surface area contributed by atoms with Gasteiger partial charge in [0.15, 0.2) is 0 Å². The number of β-amino-alcohol motifs (C(OH)–C–C–N with tert-alkyl or cyclic N) is 1. The van der Waals surface area contributed by atoms with Crippen molar-refractivity contribution < 1.29 is 14.6 Å². The molecule has 1 aromatic heterocycles. The Morgan fingerprint density at radius 1 is 1.10 bits per heavy atom. The third-order valence-corrected chi connectivity index (χ3v) is 5.64. The molecular formula is C24H30N2O3. The highest BCUT2D eigenvalue weighted by Crippen LogP contribution is 2.25. The van der Waals surface area contributed by atoms with E-state index in [1.165, 1.54) is 5.56 Å². The number of nitrogens with zero attached hydrogens (tertiary/aromatic N) is 1. The van der Waals surface area contributed by atoms with E-state index in [-0.39, 0.29) is 0 Å². The molecule has 29 heavy (non-hydrogen) atoms. The minimum atomic E-state index is -0.496. The van der Waals surface area contributed by atoms with Crippen molar-refractivity contribution >= 4 is 10.9 Å². The summed E-state index contributed by atoms with van der Waals surface area (Å²) in [7, 11) is 0. The number of fused-ring (bicyclic) bond motifs is 1. The summed E-state index contributed by atoms with van der Waals surface area (Å²) in [6, 6.07) is 16.1. The number of piperidine rings is 1. The minimum Gasteiger partial charge on any atom is -0.493 e. The van der Waals surface area contributed by atoms with Crippen LogP contribution in [-0.4, -0.2) is 53.9 Å². The lowest BCUT2D eigenvalue weighted by atomic mass is 9.97. The molecule has 0 bridgehead atoms. The standard InChI is InChI=1S/C24H30N2O3/c1-18-4-2-5-21(14-18)28-16-19-9-12-26(13-10-19)15-20(27)17-29-24-7-3-6-23-22(24)8-11-25-23/h2-8,11,14,19-20,25,27H,9-10,12-13,15-17H2,1H3. The van der Waals surface area contributed by atoms with Crippen LogP contribution in [0.1, 0.15) is 18.4 Å². The number of aliphatic hydroxyl groups excluding tert-OH is 1. The van der Waals surface area contributed by atoms with Crippen molar-refractivity contribution in [1.29, 1.82) is 0 Å². The fourth-order valence-electron chi connectivity index (χ4n) is 3.97. The van der Waals surface area contributed by atoms with Gasteiger partial charge < -0.3 is 24.5 Å². The molecular weight excluding hydrogens is 364 g/mol. The summed E-state index contributed by atoms with van der Waals surface area (Å²) in [5.74, 6) is 2.35. The van der Waals surface area contributed by atoms with Gasteiger partial charge in [0.1, 0.15) is 24.2 Å². The Labute approximate surface area is 172 Å². The molecule has 0 radical (unpaired) electrons. The van der Waals surface area contributed by atoms with Crippen LogP contribution >= 0.6 is 0 Å². The molecule has 4 rings (SSSR count). The van der Waals surface area contributed by atoms with Crippen molar-refractivity contribution in [1.82, 2.24) is 9.88 Å². The number of rotatable bonds is 8. The Morgan fingerprint density at radius 3 is 2.76 bits per heavy atom. The number of benzene rings is 2. The van der Waals surface area contributed by atoms with Gasteiger partial charge in [0.05, 0.1) is 6.61 Å². The first-order valence-corrected chi connectivity index (χ1v) is 10.5. The molecule has 5 heteroatoms. The van der Waals surface area contributed by atoms with Gasteiger partial charge in [0.25, 0.3) is 0 Å². The van der Waals surface area contributed by atoms with Crippen molar-refractivity contribution in [3.63, 3.8) is 0 Å². The number of ether oxygens (including phenoxy) is 2. The molecule has 154 valence electrons. The monoisotopic (exact) mass is 394 g/mol. The molecule has 1 atom stereocenters. The number of H-pyrrole nitrogens is 1. The predicted octanol–water partition coefficient (Wildman–Crippen LogP) is 4.01. The van der Waals surface area contributed by atoms with Gasteiger partial charge in [0, 0.05) is 23.6 Å². The second kappa shape index (κ2) is 9.33. The number of aromatic nitrogens is 1. The predicted molar refractivity (Wildman–Crippen MR) is 116 cm³/mol. The van der Waals surface area contributed by atoms with Crippen LogP contribution in [0.25, 0.3) is 10.9 Å². The van der Waals surface area contributed by atoms with E-state index in [9.17, 15) is 5.11 Å². The number of hydrogen-bond acceptors (Lipinski definition) is 4. The summed E-state index contributed by atoms with van der Waals surface area (Å²) in [4.78, 5) is 5.51. The highest BCUT2D eigenvalue weighted by molar-refractivity contribution is 5.85. The zero-order valence-corrected chi connectivity index (χ0v) is 17.0. The van der Waals surface area contributed by atoms with E-state index in [1.54, 1.807) is 0 Å². The molecule has 0 spiro atoms. The molecule has 5 nitrogen and oxygen atoms in total. The molecule has 1 unspecified atom stereocenters. The smallest absolute Gasteiger partial charge is 0.128 e.